The number of likely N-dealkylation sites (tertiary alicyclic amines) is 1. The largest absolute Gasteiger partial charge is 0.369 e. The van der Waals surface area contributed by atoms with Gasteiger partial charge in [0.15, 0.2) is 5.96 Å². The number of primary amides is 1. The van der Waals surface area contributed by atoms with Crippen molar-refractivity contribution in [3.8, 4) is 0 Å². The van der Waals surface area contributed by atoms with Crippen LogP contribution in [-0.2, 0) is 4.79 Å². The average Bonchev–Trinajstić information content (AvgIpc) is 2.68. The zero-order valence-corrected chi connectivity index (χ0v) is 17.5. The second-order valence-corrected chi connectivity index (χ2v) is 8.23. The summed E-state index contributed by atoms with van der Waals surface area (Å²) in [4.78, 5) is 19.1. The number of carbonyl (C=O) groups excluding carboxylic acids is 1. The van der Waals surface area contributed by atoms with Crippen LogP contribution >= 0.6 is 23.4 Å². The first kappa shape index (κ1) is 21.9. The molecular weight excluding hydrogens is 382 g/mol. The van der Waals surface area contributed by atoms with Gasteiger partial charge in [0.25, 0.3) is 0 Å². The van der Waals surface area contributed by atoms with Crippen LogP contribution in [0.5, 0.6) is 0 Å². The first-order valence-corrected chi connectivity index (χ1v) is 10.8. The van der Waals surface area contributed by atoms with Gasteiger partial charge >= 0.3 is 0 Å². The number of amides is 1. The van der Waals surface area contributed by atoms with Crippen LogP contribution < -0.4 is 16.4 Å². The van der Waals surface area contributed by atoms with Gasteiger partial charge in [0.1, 0.15) is 0 Å². The van der Waals surface area contributed by atoms with E-state index < -0.39 is 0 Å². The molecule has 1 aliphatic rings. The molecule has 8 heteroatoms. The topological polar surface area (TPSA) is 82.8 Å². The lowest BCUT2D eigenvalue weighted by Gasteiger charge is -2.31. The molecule has 1 saturated heterocycles. The maximum Gasteiger partial charge on any atom is 0.221 e. The predicted molar refractivity (Wildman–Crippen MR) is 115 cm³/mol. The molecule has 0 saturated carbocycles. The van der Waals surface area contributed by atoms with E-state index in [0.717, 1.165) is 68.7 Å². The fourth-order valence-corrected chi connectivity index (χ4v) is 3.98. The highest BCUT2D eigenvalue weighted by molar-refractivity contribution is 7.99. The van der Waals surface area contributed by atoms with E-state index in [1.165, 1.54) is 4.90 Å². The van der Waals surface area contributed by atoms with Gasteiger partial charge in [0.05, 0.1) is 5.92 Å². The molecule has 1 heterocycles. The summed E-state index contributed by atoms with van der Waals surface area (Å²) >= 11 is 7.68. The van der Waals surface area contributed by atoms with Crippen molar-refractivity contribution in [1.29, 1.82) is 0 Å². The minimum atomic E-state index is -0.168. The lowest BCUT2D eigenvalue weighted by Crippen LogP contribution is -2.43. The molecule has 4 N–H and O–H groups in total. The predicted octanol–water partition coefficient (Wildman–Crippen LogP) is 2.18. The Morgan fingerprint density at radius 3 is 2.78 bits per heavy atom. The van der Waals surface area contributed by atoms with Gasteiger partial charge in [0.2, 0.25) is 5.91 Å². The van der Waals surface area contributed by atoms with Crippen LogP contribution in [-0.4, -0.2) is 62.3 Å². The van der Waals surface area contributed by atoms with Gasteiger partial charge in [-0.05, 0) is 56.6 Å². The number of halogens is 1. The highest BCUT2D eigenvalue weighted by Gasteiger charge is 2.23. The van der Waals surface area contributed by atoms with Crippen molar-refractivity contribution in [3.05, 3.63) is 29.3 Å². The van der Waals surface area contributed by atoms with Gasteiger partial charge in [-0.3, -0.25) is 9.79 Å². The number of nitrogens with zero attached hydrogens (tertiary/aromatic N) is 2. The summed E-state index contributed by atoms with van der Waals surface area (Å²) in [5, 5.41) is 7.43. The number of hydrogen-bond acceptors (Lipinski definition) is 4. The molecular formula is C19H30ClN5OS. The third-order valence-electron chi connectivity index (χ3n) is 4.55. The summed E-state index contributed by atoms with van der Waals surface area (Å²) in [5.41, 5.74) is 5.43. The summed E-state index contributed by atoms with van der Waals surface area (Å²) in [7, 11) is 1.78. The normalized spacial score (nSPS) is 18.3. The number of nitrogens with two attached hydrogens (primary N) is 1. The first-order chi connectivity index (χ1) is 13.1. The van der Waals surface area contributed by atoms with Crippen molar-refractivity contribution in [2.75, 3.05) is 45.5 Å². The van der Waals surface area contributed by atoms with Crippen molar-refractivity contribution in [2.45, 2.75) is 24.2 Å². The summed E-state index contributed by atoms with van der Waals surface area (Å²) in [6, 6.07) is 7.88. The fourth-order valence-electron chi connectivity index (χ4n) is 3.09. The fraction of sp³-hybridized carbons (Fsp3) is 0.579. The van der Waals surface area contributed by atoms with E-state index in [4.69, 9.17) is 17.3 Å². The lowest BCUT2D eigenvalue weighted by atomic mass is 9.97. The van der Waals surface area contributed by atoms with Crippen LogP contribution in [0.1, 0.15) is 19.3 Å². The zero-order valence-electron chi connectivity index (χ0n) is 15.9. The van der Waals surface area contributed by atoms with Gasteiger partial charge < -0.3 is 21.3 Å². The van der Waals surface area contributed by atoms with Crippen LogP contribution in [0.2, 0.25) is 5.02 Å². The third-order valence-corrected chi connectivity index (χ3v) is 5.82. The second-order valence-electron chi connectivity index (χ2n) is 6.62. The molecule has 0 spiro atoms. The Labute approximate surface area is 171 Å². The first-order valence-electron chi connectivity index (χ1n) is 9.43. The smallest absolute Gasteiger partial charge is 0.221 e. The van der Waals surface area contributed by atoms with Gasteiger partial charge in [-0.25, -0.2) is 0 Å². The van der Waals surface area contributed by atoms with Crippen molar-refractivity contribution in [1.82, 2.24) is 15.5 Å². The Morgan fingerprint density at radius 1 is 1.33 bits per heavy atom. The average molecular weight is 412 g/mol. The molecule has 2 rings (SSSR count). The highest BCUT2D eigenvalue weighted by Crippen LogP contribution is 2.19. The minimum Gasteiger partial charge on any atom is -0.369 e. The Balaban J connectivity index is 1.56. The number of thioether (sulfide) groups is 1. The molecule has 0 aliphatic carbocycles. The summed E-state index contributed by atoms with van der Waals surface area (Å²) in [6.07, 6.45) is 2.98. The number of hydrogen-bond donors (Lipinski definition) is 3. The Kier molecular flexibility index (Phi) is 9.80. The molecule has 0 aromatic heterocycles. The molecule has 1 atom stereocenters. The molecule has 6 nitrogen and oxygen atoms in total. The lowest BCUT2D eigenvalue weighted by molar-refractivity contribution is -0.123. The summed E-state index contributed by atoms with van der Waals surface area (Å²) in [5.74, 6) is 1.61. The summed E-state index contributed by atoms with van der Waals surface area (Å²) in [6.45, 7) is 4.50. The van der Waals surface area contributed by atoms with Crippen molar-refractivity contribution < 1.29 is 4.79 Å². The van der Waals surface area contributed by atoms with E-state index in [9.17, 15) is 4.79 Å². The van der Waals surface area contributed by atoms with E-state index in [1.54, 1.807) is 18.8 Å². The zero-order chi connectivity index (χ0) is 19.5. The van der Waals surface area contributed by atoms with Crippen LogP contribution in [0, 0.1) is 5.92 Å². The van der Waals surface area contributed by atoms with Gasteiger partial charge in [-0.2, -0.15) is 0 Å². The number of benzene rings is 1. The molecule has 1 unspecified atom stereocenters. The van der Waals surface area contributed by atoms with Crippen LogP contribution in [0.25, 0.3) is 0 Å². The maximum atomic E-state index is 11.3. The van der Waals surface area contributed by atoms with Gasteiger partial charge in [0, 0.05) is 42.4 Å². The molecule has 1 aliphatic heterocycles. The molecule has 1 aromatic carbocycles. The molecule has 0 radical (unpaired) electrons. The molecule has 27 heavy (non-hydrogen) atoms. The Hall–Kier alpha value is -1.44. The quantitative estimate of drug-likeness (QED) is 0.251. The van der Waals surface area contributed by atoms with E-state index in [1.807, 2.05) is 24.3 Å². The SMILES string of the molecule is CN=C(NCCCN1CCCC(C(N)=O)C1)NCCSc1ccc(Cl)cc1. The maximum absolute atomic E-state index is 11.3. The number of guanidine groups is 1. The van der Waals surface area contributed by atoms with E-state index in [-0.39, 0.29) is 11.8 Å². The van der Waals surface area contributed by atoms with Crippen LogP contribution in [0.3, 0.4) is 0 Å². The molecule has 0 bridgehead atoms. The van der Waals surface area contributed by atoms with Crippen molar-refractivity contribution >= 4 is 35.2 Å². The van der Waals surface area contributed by atoms with Crippen molar-refractivity contribution in [3.63, 3.8) is 0 Å². The number of carbonyl (C=O) groups is 1. The monoisotopic (exact) mass is 411 g/mol. The molecule has 1 aromatic rings. The number of nitrogens with one attached hydrogen (secondary N) is 2. The van der Waals surface area contributed by atoms with E-state index >= 15 is 0 Å². The van der Waals surface area contributed by atoms with E-state index in [0.29, 0.717) is 0 Å². The van der Waals surface area contributed by atoms with Crippen LogP contribution in [0.15, 0.2) is 34.2 Å². The van der Waals surface area contributed by atoms with Crippen molar-refractivity contribution in [2.24, 2.45) is 16.6 Å². The van der Waals surface area contributed by atoms with E-state index in [2.05, 4.69) is 20.5 Å². The third kappa shape index (κ3) is 8.41. The summed E-state index contributed by atoms with van der Waals surface area (Å²) < 4.78 is 0. The second kappa shape index (κ2) is 12.1. The molecule has 1 fully saturated rings. The van der Waals surface area contributed by atoms with Gasteiger partial charge in [-0.1, -0.05) is 11.6 Å². The Morgan fingerprint density at radius 2 is 2.07 bits per heavy atom. The Bertz CT molecular complexity index is 611. The van der Waals surface area contributed by atoms with Gasteiger partial charge in [-0.15, -0.1) is 11.8 Å². The molecule has 150 valence electrons. The minimum absolute atomic E-state index is 0.0132. The number of piperidine rings is 1. The molecule has 1 amide bonds. The standard InChI is InChI=1S/C19H30ClN5OS/c1-22-19(24-10-13-27-17-7-5-16(20)6-8-17)23-9-3-12-25-11-2-4-15(14-25)18(21)26/h5-8,15H,2-4,9-14H2,1H3,(H2,21,26)(H2,22,23,24). The van der Waals surface area contributed by atoms with Crippen LogP contribution in [0.4, 0.5) is 0 Å². The highest BCUT2D eigenvalue weighted by atomic mass is 35.5. The number of rotatable bonds is 9. The number of aliphatic imine (C=N–C) groups is 1.